The maximum Gasteiger partial charge on any atom is 0.129 e. The quantitative estimate of drug-likeness (QED) is 0.621. The Morgan fingerprint density at radius 1 is 1.10 bits per heavy atom. The van der Waals surface area contributed by atoms with Gasteiger partial charge in [-0.2, -0.15) is 0 Å². The zero-order chi connectivity index (χ0) is 15.0. The summed E-state index contributed by atoms with van der Waals surface area (Å²) in [5.41, 5.74) is 2.55. The Balaban J connectivity index is 2.32. The first-order valence-electron chi connectivity index (χ1n) is 6.20. The summed E-state index contributed by atoms with van der Waals surface area (Å²) in [4.78, 5) is 4.53. The molecule has 0 radical (unpaired) electrons. The predicted octanol–water partition coefficient (Wildman–Crippen LogP) is 5.08. The summed E-state index contributed by atoms with van der Waals surface area (Å²) in [6.45, 7) is 0. The van der Waals surface area contributed by atoms with Gasteiger partial charge in [0.05, 0.1) is 29.7 Å². The third-order valence-corrected chi connectivity index (χ3v) is 3.83. The number of benzene rings is 2. The highest BCUT2D eigenvalue weighted by atomic mass is 35.5. The first kappa shape index (κ1) is 14.5. The van der Waals surface area contributed by atoms with Crippen molar-refractivity contribution in [3.63, 3.8) is 0 Å². The lowest BCUT2D eigenvalue weighted by atomic mass is 10.2. The van der Waals surface area contributed by atoms with Crippen molar-refractivity contribution in [2.75, 3.05) is 7.11 Å². The first-order valence-corrected chi connectivity index (χ1v) is 7.49. The Hall–Kier alpha value is -1.42. The fourth-order valence-electron chi connectivity index (χ4n) is 2.28. The Morgan fingerprint density at radius 3 is 2.43 bits per heavy atom. The van der Waals surface area contributed by atoms with E-state index in [0.717, 1.165) is 28.3 Å². The molecule has 0 aliphatic carbocycles. The lowest BCUT2D eigenvalue weighted by Gasteiger charge is -2.09. The maximum absolute atomic E-state index is 6.10. The molecule has 3 rings (SSSR count). The molecule has 0 bridgehead atoms. The first-order chi connectivity index (χ1) is 10.1. The van der Waals surface area contributed by atoms with Crippen LogP contribution in [0.2, 0.25) is 10.0 Å². The minimum Gasteiger partial charge on any atom is -0.497 e. The number of alkyl halides is 1. The standard InChI is InChI=1S/C15H11Cl3N2O/c1-21-12-2-3-13-14(7-12)20(15(8-16)19-13)11-5-9(17)4-10(18)6-11/h2-7H,8H2,1H3. The van der Waals surface area contributed by atoms with Crippen LogP contribution in [0.1, 0.15) is 5.82 Å². The summed E-state index contributed by atoms with van der Waals surface area (Å²) in [6, 6.07) is 11.0. The molecule has 2 aromatic carbocycles. The molecule has 0 aliphatic rings. The molecular formula is C15H11Cl3N2O. The van der Waals surface area contributed by atoms with Crippen LogP contribution >= 0.6 is 34.8 Å². The molecule has 0 saturated heterocycles. The molecule has 1 heterocycles. The van der Waals surface area contributed by atoms with Gasteiger partial charge >= 0.3 is 0 Å². The zero-order valence-corrected chi connectivity index (χ0v) is 13.4. The summed E-state index contributed by atoms with van der Waals surface area (Å²) in [6.07, 6.45) is 0. The third kappa shape index (κ3) is 2.69. The van der Waals surface area contributed by atoms with Gasteiger partial charge in [-0.3, -0.25) is 4.57 Å². The Kier molecular flexibility index (Phi) is 3.98. The van der Waals surface area contributed by atoms with Gasteiger partial charge in [-0.05, 0) is 30.3 Å². The number of nitrogens with zero attached hydrogens (tertiary/aromatic N) is 2. The van der Waals surface area contributed by atoms with Gasteiger partial charge in [-0.25, -0.2) is 4.98 Å². The fourth-order valence-corrected chi connectivity index (χ4v) is 2.97. The molecular weight excluding hydrogens is 331 g/mol. The van der Waals surface area contributed by atoms with Crippen molar-refractivity contribution >= 4 is 45.8 Å². The molecule has 0 saturated carbocycles. The molecule has 0 amide bonds. The SMILES string of the molecule is COc1ccc2nc(CCl)n(-c3cc(Cl)cc(Cl)c3)c2c1. The Bertz CT molecular complexity index is 794. The number of hydrogen-bond donors (Lipinski definition) is 0. The molecule has 6 heteroatoms. The molecule has 0 aliphatic heterocycles. The highest BCUT2D eigenvalue weighted by molar-refractivity contribution is 6.34. The number of rotatable bonds is 3. The maximum atomic E-state index is 6.10. The second kappa shape index (κ2) is 5.76. The molecule has 3 nitrogen and oxygen atoms in total. The van der Waals surface area contributed by atoms with Crippen molar-refractivity contribution in [2.24, 2.45) is 0 Å². The van der Waals surface area contributed by atoms with E-state index in [1.165, 1.54) is 0 Å². The van der Waals surface area contributed by atoms with Crippen LogP contribution in [-0.4, -0.2) is 16.7 Å². The number of fused-ring (bicyclic) bond motifs is 1. The second-order valence-electron chi connectivity index (χ2n) is 4.48. The molecule has 3 aromatic rings. The van der Waals surface area contributed by atoms with Gasteiger partial charge in [-0.15, -0.1) is 11.6 Å². The molecule has 0 spiro atoms. The lowest BCUT2D eigenvalue weighted by Crippen LogP contribution is -1.99. The average molecular weight is 342 g/mol. The number of halogens is 3. The number of hydrogen-bond acceptors (Lipinski definition) is 2. The minimum atomic E-state index is 0.279. The molecule has 1 aromatic heterocycles. The summed E-state index contributed by atoms with van der Waals surface area (Å²) in [5, 5.41) is 1.12. The van der Waals surface area contributed by atoms with E-state index in [4.69, 9.17) is 39.5 Å². The van der Waals surface area contributed by atoms with Crippen molar-refractivity contribution in [3.8, 4) is 11.4 Å². The molecule has 0 atom stereocenters. The van der Waals surface area contributed by atoms with Gasteiger partial charge in [0, 0.05) is 16.1 Å². The van der Waals surface area contributed by atoms with E-state index >= 15 is 0 Å². The van der Waals surface area contributed by atoms with Crippen LogP contribution in [0.15, 0.2) is 36.4 Å². The summed E-state index contributed by atoms with van der Waals surface area (Å²) >= 11 is 18.2. The summed E-state index contributed by atoms with van der Waals surface area (Å²) in [5.74, 6) is 1.75. The van der Waals surface area contributed by atoms with E-state index in [2.05, 4.69) is 4.98 Å². The molecule has 108 valence electrons. The van der Waals surface area contributed by atoms with Crippen LogP contribution in [0.25, 0.3) is 16.7 Å². The van der Waals surface area contributed by atoms with Crippen molar-refractivity contribution in [1.82, 2.24) is 9.55 Å². The van der Waals surface area contributed by atoms with Gasteiger partial charge in [0.2, 0.25) is 0 Å². The van der Waals surface area contributed by atoms with Gasteiger partial charge in [0.15, 0.2) is 0 Å². The van der Waals surface area contributed by atoms with E-state index in [9.17, 15) is 0 Å². The highest BCUT2D eigenvalue weighted by Gasteiger charge is 2.13. The predicted molar refractivity (Wildman–Crippen MR) is 87.2 cm³/mol. The largest absolute Gasteiger partial charge is 0.497 e. The summed E-state index contributed by atoms with van der Waals surface area (Å²) in [7, 11) is 1.63. The van der Waals surface area contributed by atoms with E-state index < -0.39 is 0 Å². The second-order valence-corrected chi connectivity index (χ2v) is 5.62. The zero-order valence-electron chi connectivity index (χ0n) is 11.1. The van der Waals surface area contributed by atoms with Gasteiger partial charge in [0.1, 0.15) is 11.6 Å². The van der Waals surface area contributed by atoms with Gasteiger partial charge < -0.3 is 4.74 Å². The van der Waals surface area contributed by atoms with E-state index in [1.54, 1.807) is 13.2 Å². The smallest absolute Gasteiger partial charge is 0.129 e. The number of aromatic nitrogens is 2. The van der Waals surface area contributed by atoms with Crippen molar-refractivity contribution in [1.29, 1.82) is 0 Å². The van der Waals surface area contributed by atoms with Crippen LogP contribution in [0.5, 0.6) is 5.75 Å². The lowest BCUT2D eigenvalue weighted by molar-refractivity contribution is 0.415. The number of methoxy groups -OCH3 is 1. The van der Waals surface area contributed by atoms with Crippen molar-refractivity contribution in [2.45, 2.75) is 5.88 Å². The van der Waals surface area contributed by atoms with E-state index in [0.29, 0.717) is 10.0 Å². The molecule has 21 heavy (non-hydrogen) atoms. The van der Waals surface area contributed by atoms with Gasteiger partial charge in [0.25, 0.3) is 0 Å². The van der Waals surface area contributed by atoms with Crippen LogP contribution in [-0.2, 0) is 5.88 Å². The van der Waals surface area contributed by atoms with Crippen molar-refractivity contribution in [3.05, 3.63) is 52.3 Å². The van der Waals surface area contributed by atoms with Gasteiger partial charge in [-0.1, -0.05) is 23.2 Å². The topological polar surface area (TPSA) is 27.1 Å². The normalized spacial score (nSPS) is 11.0. The van der Waals surface area contributed by atoms with Crippen LogP contribution in [0.4, 0.5) is 0 Å². The Labute approximate surface area is 137 Å². The van der Waals surface area contributed by atoms with Crippen LogP contribution in [0, 0.1) is 0 Å². The summed E-state index contributed by atoms with van der Waals surface area (Å²) < 4.78 is 7.21. The molecule has 0 N–H and O–H groups in total. The minimum absolute atomic E-state index is 0.279. The van der Waals surface area contributed by atoms with E-state index in [1.807, 2.05) is 34.9 Å². The fraction of sp³-hybridized carbons (Fsp3) is 0.133. The van der Waals surface area contributed by atoms with Crippen LogP contribution in [0.3, 0.4) is 0 Å². The average Bonchev–Trinajstić information content (AvgIpc) is 2.83. The van der Waals surface area contributed by atoms with Crippen LogP contribution < -0.4 is 4.74 Å². The Morgan fingerprint density at radius 2 is 1.81 bits per heavy atom. The highest BCUT2D eigenvalue weighted by Crippen LogP contribution is 2.29. The third-order valence-electron chi connectivity index (χ3n) is 3.16. The van der Waals surface area contributed by atoms with E-state index in [-0.39, 0.29) is 5.88 Å². The monoisotopic (exact) mass is 340 g/mol. The number of ether oxygens (including phenoxy) is 1. The number of imidazole rings is 1. The molecule has 0 unspecified atom stereocenters. The van der Waals surface area contributed by atoms with Crippen molar-refractivity contribution < 1.29 is 4.74 Å². The molecule has 0 fully saturated rings.